The van der Waals surface area contributed by atoms with E-state index in [9.17, 15) is 14.0 Å². The maximum atomic E-state index is 13.5. The summed E-state index contributed by atoms with van der Waals surface area (Å²) in [6, 6.07) is 15.2. The van der Waals surface area contributed by atoms with E-state index in [0.29, 0.717) is 23.0 Å². The van der Waals surface area contributed by atoms with Gasteiger partial charge in [0.05, 0.1) is 0 Å². The number of aromatic nitrogens is 1. The molecule has 1 aromatic heterocycles. The summed E-state index contributed by atoms with van der Waals surface area (Å²) in [4.78, 5) is 31.5. The quantitative estimate of drug-likeness (QED) is 0.618. The van der Waals surface area contributed by atoms with Gasteiger partial charge in [0.15, 0.2) is 0 Å². The van der Waals surface area contributed by atoms with Crippen LogP contribution in [0.15, 0.2) is 54.6 Å². The van der Waals surface area contributed by atoms with Crippen LogP contribution in [-0.2, 0) is 11.2 Å². The molecule has 1 fully saturated rings. The third kappa shape index (κ3) is 4.79. The highest BCUT2D eigenvalue weighted by molar-refractivity contribution is 6.00. The van der Waals surface area contributed by atoms with Gasteiger partial charge in [-0.15, -0.1) is 0 Å². The van der Waals surface area contributed by atoms with Crippen LogP contribution in [0.3, 0.4) is 0 Å². The van der Waals surface area contributed by atoms with Crippen molar-refractivity contribution in [2.45, 2.75) is 51.1 Å². The molecule has 5 nitrogen and oxygen atoms in total. The van der Waals surface area contributed by atoms with E-state index in [1.165, 1.54) is 12.1 Å². The van der Waals surface area contributed by atoms with Crippen molar-refractivity contribution in [3.05, 3.63) is 71.7 Å². The van der Waals surface area contributed by atoms with Crippen molar-refractivity contribution >= 4 is 22.7 Å². The Balaban J connectivity index is 1.58. The third-order valence-electron chi connectivity index (χ3n) is 6.09. The van der Waals surface area contributed by atoms with Crippen molar-refractivity contribution in [2.75, 3.05) is 6.54 Å². The Kier molecular flexibility index (Phi) is 6.35. The lowest BCUT2D eigenvalue weighted by atomic mass is 9.97. The maximum Gasteiger partial charge on any atom is 0.268 e. The fraction of sp³-hybridized carbons (Fsp3) is 0.360. The number of nitrogens with one attached hydrogen (secondary N) is 2. The molecule has 1 aliphatic rings. The van der Waals surface area contributed by atoms with E-state index in [1.54, 1.807) is 12.1 Å². The molecule has 2 aromatic carbocycles. The minimum Gasteiger partial charge on any atom is -0.351 e. The van der Waals surface area contributed by atoms with Crippen molar-refractivity contribution in [1.82, 2.24) is 15.2 Å². The lowest BCUT2D eigenvalue weighted by Crippen LogP contribution is -2.54. The summed E-state index contributed by atoms with van der Waals surface area (Å²) in [6.45, 7) is 2.83. The number of H-pyrrole nitrogens is 1. The average molecular weight is 422 g/mol. The monoisotopic (exact) mass is 421 g/mol. The number of halogens is 1. The van der Waals surface area contributed by atoms with Gasteiger partial charge in [0.2, 0.25) is 5.91 Å². The number of aromatic amines is 1. The molecule has 31 heavy (non-hydrogen) atoms. The third-order valence-corrected chi connectivity index (χ3v) is 6.09. The fourth-order valence-corrected chi connectivity index (χ4v) is 4.43. The Morgan fingerprint density at radius 1 is 1.16 bits per heavy atom. The van der Waals surface area contributed by atoms with Gasteiger partial charge in [-0.1, -0.05) is 37.3 Å². The van der Waals surface area contributed by atoms with E-state index in [4.69, 9.17) is 0 Å². The summed E-state index contributed by atoms with van der Waals surface area (Å²) in [7, 11) is 0. The molecule has 0 radical (unpaired) electrons. The Morgan fingerprint density at radius 3 is 2.74 bits per heavy atom. The number of hydrogen-bond acceptors (Lipinski definition) is 2. The molecule has 1 aliphatic heterocycles. The zero-order chi connectivity index (χ0) is 21.8. The number of piperidine rings is 1. The van der Waals surface area contributed by atoms with E-state index in [1.807, 2.05) is 35.2 Å². The molecule has 3 aromatic rings. The topological polar surface area (TPSA) is 65.2 Å². The fourth-order valence-electron chi connectivity index (χ4n) is 4.43. The lowest BCUT2D eigenvalue weighted by molar-refractivity contribution is -0.137. The molecule has 2 atom stereocenters. The van der Waals surface area contributed by atoms with E-state index >= 15 is 0 Å². The van der Waals surface area contributed by atoms with Crippen LogP contribution < -0.4 is 5.32 Å². The number of carbonyl (C=O) groups is 2. The summed E-state index contributed by atoms with van der Waals surface area (Å²) in [5.41, 5.74) is 1.99. The van der Waals surface area contributed by atoms with Crippen LogP contribution >= 0.6 is 0 Å². The van der Waals surface area contributed by atoms with Crippen LogP contribution in [0.4, 0.5) is 4.39 Å². The van der Waals surface area contributed by atoms with Gasteiger partial charge in [-0.2, -0.15) is 0 Å². The Bertz CT molecular complexity index is 1060. The number of benzene rings is 2. The van der Waals surface area contributed by atoms with Gasteiger partial charge < -0.3 is 15.2 Å². The molecule has 2 unspecified atom stereocenters. The molecule has 0 bridgehead atoms. The molecule has 162 valence electrons. The molecule has 6 heteroatoms. The van der Waals surface area contributed by atoms with Gasteiger partial charge in [-0.25, -0.2) is 4.39 Å². The number of likely N-dealkylation sites (tertiary alicyclic amines) is 1. The lowest BCUT2D eigenvalue weighted by Gasteiger charge is -2.37. The predicted octanol–water partition coefficient (Wildman–Crippen LogP) is 4.44. The van der Waals surface area contributed by atoms with E-state index in [-0.39, 0.29) is 23.7 Å². The van der Waals surface area contributed by atoms with Crippen LogP contribution in [0.2, 0.25) is 0 Å². The second-order valence-electron chi connectivity index (χ2n) is 8.22. The van der Waals surface area contributed by atoms with Crippen LogP contribution in [0.25, 0.3) is 10.9 Å². The van der Waals surface area contributed by atoms with Crippen molar-refractivity contribution in [1.29, 1.82) is 0 Å². The van der Waals surface area contributed by atoms with Crippen LogP contribution in [-0.4, -0.2) is 40.3 Å². The molecule has 0 saturated carbocycles. The van der Waals surface area contributed by atoms with Crippen LogP contribution in [0.1, 0.15) is 48.7 Å². The zero-order valence-electron chi connectivity index (χ0n) is 17.7. The maximum absolute atomic E-state index is 13.5. The Labute approximate surface area is 181 Å². The predicted molar refractivity (Wildman–Crippen MR) is 119 cm³/mol. The normalized spacial score (nSPS) is 17.5. The molecule has 2 amide bonds. The largest absolute Gasteiger partial charge is 0.351 e. The molecular weight excluding hydrogens is 393 g/mol. The summed E-state index contributed by atoms with van der Waals surface area (Å²) in [6.07, 6.45) is 4.45. The molecule has 4 rings (SSSR count). The van der Waals surface area contributed by atoms with Gasteiger partial charge in [-0.3, -0.25) is 9.59 Å². The first kappa shape index (κ1) is 21.1. The van der Waals surface area contributed by atoms with Gasteiger partial charge in [0.1, 0.15) is 17.6 Å². The highest BCUT2D eigenvalue weighted by atomic mass is 19.1. The molecule has 1 saturated heterocycles. The molecule has 0 aliphatic carbocycles. The van der Waals surface area contributed by atoms with Gasteiger partial charge >= 0.3 is 0 Å². The highest BCUT2D eigenvalue weighted by Crippen LogP contribution is 2.22. The van der Waals surface area contributed by atoms with Crippen molar-refractivity contribution in [2.24, 2.45) is 0 Å². The van der Waals surface area contributed by atoms with Crippen molar-refractivity contribution in [3.8, 4) is 0 Å². The molecule has 2 heterocycles. The van der Waals surface area contributed by atoms with E-state index < -0.39 is 6.04 Å². The number of carbonyl (C=O) groups excluding carboxylic acids is 2. The second-order valence-corrected chi connectivity index (χ2v) is 8.22. The standard InChI is InChI=1S/C25H28FN3O2/c1-2-20-10-6-7-13-29(20)25(31)23(14-17-8-4-3-5-9-17)28-24(30)22-16-18-15-19(26)11-12-21(18)27-22/h3-5,8-9,11-12,15-16,20,23,27H,2,6-7,10,13-14H2,1H3,(H,28,30). The summed E-state index contributed by atoms with van der Waals surface area (Å²) >= 11 is 0. The number of fused-ring (bicyclic) bond motifs is 1. The molecular formula is C25H28FN3O2. The molecule has 2 N–H and O–H groups in total. The van der Waals surface area contributed by atoms with Crippen LogP contribution in [0.5, 0.6) is 0 Å². The molecule has 0 spiro atoms. The Hall–Kier alpha value is -3.15. The zero-order valence-corrected chi connectivity index (χ0v) is 17.7. The highest BCUT2D eigenvalue weighted by Gasteiger charge is 2.32. The average Bonchev–Trinajstić information content (AvgIpc) is 3.22. The minimum atomic E-state index is -0.662. The summed E-state index contributed by atoms with van der Waals surface area (Å²) < 4.78 is 13.5. The number of amides is 2. The Morgan fingerprint density at radius 2 is 1.97 bits per heavy atom. The summed E-state index contributed by atoms with van der Waals surface area (Å²) in [5.74, 6) is -0.756. The van der Waals surface area contributed by atoms with Crippen molar-refractivity contribution < 1.29 is 14.0 Å². The minimum absolute atomic E-state index is 0.0362. The number of rotatable bonds is 6. The number of hydrogen-bond donors (Lipinski definition) is 2. The summed E-state index contributed by atoms with van der Waals surface area (Å²) in [5, 5.41) is 3.57. The van der Waals surface area contributed by atoms with Gasteiger partial charge in [0, 0.05) is 29.9 Å². The number of nitrogens with zero attached hydrogens (tertiary/aromatic N) is 1. The van der Waals surface area contributed by atoms with Gasteiger partial charge in [0.25, 0.3) is 5.91 Å². The SMILES string of the molecule is CCC1CCCCN1C(=O)C(Cc1ccccc1)NC(=O)c1cc2cc(F)ccc2[nH]1. The smallest absolute Gasteiger partial charge is 0.268 e. The first-order valence-corrected chi connectivity index (χ1v) is 11.0. The second kappa shape index (κ2) is 9.33. The van der Waals surface area contributed by atoms with Gasteiger partial charge in [-0.05, 0) is 55.5 Å². The first-order valence-electron chi connectivity index (χ1n) is 11.0. The van der Waals surface area contributed by atoms with E-state index in [2.05, 4.69) is 17.2 Å². The van der Waals surface area contributed by atoms with E-state index in [0.717, 1.165) is 37.8 Å². The van der Waals surface area contributed by atoms with Crippen molar-refractivity contribution in [3.63, 3.8) is 0 Å². The first-order chi connectivity index (χ1) is 15.0. The van der Waals surface area contributed by atoms with Crippen LogP contribution in [0, 0.1) is 5.82 Å².